The average Bonchev–Trinajstić information content (AvgIpc) is 3.07. The molecule has 2 fully saturated rings. The molecular formula is C21H40N4O2. The quantitative estimate of drug-likeness (QED) is 0.568. The molecule has 1 amide bonds. The zero-order valence-electron chi connectivity index (χ0n) is 18.2. The van der Waals surface area contributed by atoms with Crippen molar-refractivity contribution >= 4 is 11.9 Å². The zero-order chi connectivity index (χ0) is 20.0. The third-order valence-electron chi connectivity index (χ3n) is 5.46. The summed E-state index contributed by atoms with van der Waals surface area (Å²) >= 11 is 0. The Kier molecular flexibility index (Phi) is 7.95. The lowest BCUT2D eigenvalue weighted by Crippen LogP contribution is -2.46. The molecule has 0 aromatic rings. The highest BCUT2D eigenvalue weighted by Gasteiger charge is 2.35. The van der Waals surface area contributed by atoms with Crippen molar-refractivity contribution in [2.45, 2.75) is 73.0 Å². The fourth-order valence-corrected chi connectivity index (χ4v) is 4.15. The molecule has 2 N–H and O–H groups in total. The van der Waals surface area contributed by atoms with E-state index in [4.69, 9.17) is 9.73 Å². The Morgan fingerprint density at radius 2 is 2.04 bits per heavy atom. The molecule has 2 aliphatic heterocycles. The van der Waals surface area contributed by atoms with Gasteiger partial charge in [0, 0.05) is 50.7 Å². The van der Waals surface area contributed by atoms with E-state index < -0.39 is 0 Å². The van der Waals surface area contributed by atoms with Crippen molar-refractivity contribution in [2.75, 3.05) is 32.8 Å². The first kappa shape index (κ1) is 22.0. The van der Waals surface area contributed by atoms with E-state index in [1.807, 2.05) is 18.7 Å². The standard InChI is InChI=1S/C21H40N4O2/c1-7-22-20(24-17-10-11-25(14-17)19(26)15(2)3)23-13-16-9-8-12-27-18(16)21(4,5)6/h15-18H,7-14H2,1-6H3,(H2,22,23,24). The van der Waals surface area contributed by atoms with Crippen LogP contribution in [-0.4, -0.2) is 61.7 Å². The normalized spacial score (nSPS) is 27.1. The van der Waals surface area contributed by atoms with Crippen LogP contribution in [0.3, 0.4) is 0 Å². The van der Waals surface area contributed by atoms with Crippen molar-refractivity contribution in [3.63, 3.8) is 0 Å². The molecule has 3 unspecified atom stereocenters. The van der Waals surface area contributed by atoms with Gasteiger partial charge in [-0.25, -0.2) is 0 Å². The van der Waals surface area contributed by atoms with Gasteiger partial charge in [-0.2, -0.15) is 0 Å². The summed E-state index contributed by atoms with van der Waals surface area (Å²) in [5.74, 6) is 1.62. The van der Waals surface area contributed by atoms with Crippen LogP contribution < -0.4 is 10.6 Å². The Morgan fingerprint density at radius 1 is 1.30 bits per heavy atom. The summed E-state index contributed by atoms with van der Waals surface area (Å²) in [6, 6.07) is 0.270. The Labute approximate surface area is 165 Å². The smallest absolute Gasteiger partial charge is 0.225 e. The van der Waals surface area contributed by atoms with Gasteiger partial charge in [-0.05, 0) is 31.6 Å². The fraction of sp³-hybridized carbons (Fsp3) is 0.905. The number of carbonyl (C=O) groups excluding carboxylic acids is 1. The second-order valence-electron chi connectivity index (χ2n) is 9.35. The largest absolute Gasteiger partial charge is 0.377 e. The van der Waals surface area contributed by atoms with Gasteiger partial charge in [-0.15, -0.1) is 0 Å². The number of guanidine groups is 1. The summed E-state index contributed by atoms with van der Waals surface area (Å²) in [5, 5.41) is 6.90. The minimum Gasteiger partial charge on any atom is -0.377 e. The van der Waals surface area contributed by atoms with Gasteiger partial charge in [0.15, 0.2) is 5.96 Å². The molecule has 2 rings (SSSR count). The molecule has 0 aliphatic carbocycles. The number of aliphatic imine (C=N–C) groups is 1. The van der Waals surface area contributed by atoms with E-state index in [-0.39, 0.29) is 29.4 Å². The van der Waals surface area contributed by atoms with Crippen LogP contribution in [0.5, 0.6) is 0 Å². The molecule has 0 bridgehead atoms. The average molecular weight is 381 g/mol. The Balaban J connectivity index is 1.95. The van der Waals surface area contributed by atoms with E-state index in [1.165, 1.54) is 6.42 Å². The number of hydrogen-bond acceptors (Lipinski definition) is 3. The number of ether oxygens (including phenoxy) is 1. The minimum absolute atomic E-state index is 0.0614. The molecule has 3 atom stereocenters. The number of nitrogens with zero attached hydrogens (tertiary/aromatic N) is 2. The molecule has 0 aromatic heterocycles. The van der Waals surface area contributed by atoms with Gasteiger partial charge in [0.05, 0.1) is 6.10 Å². The highest BCUT2D eigenvalue weighted by Crippen LogP contribution is 2.34. The van der Waals surface area contributed by atoms with Crippen LogP contribution >= 0.6 is 0 Å². The molecule has 156 valence electrons. The zero-order valence-corrected chi connectivity index (χ0v) is 18.2. The van der Waals surface area contributed by atoms with Crippen LogP contribution in [0.25, 0.3) is 0 Å². The van der Waals surface area contributed by atoms with E-state index in [0.29, 0.717) is 5.92 Å². The predicted molar refractivity (Wildman–Crippen MR) is 111 cm³/mol. The number of hydrogen-bond donors (Lipinski definition) is 2. The Bertz CT molecular complexity index is 513. The van der Waals surface area contributed by atoms with Crippen molar-refractivity contribution in [3.05, 3.63) is 0 Å². The Morgan fingerprint density at radius 3 is 2.67 bits per heavy atom. The van der Waals surface area contributed by atoms with E-state index in [0.717, 1.165) is 51.6 Å². The van der Waals surface area contributed by atoms with Crippen molar-refractivity contribution < 1.29 is 9.53 Å². The maximum atomic E-state index is 12.2. The Hall–Kier alpha value is -1.30. The van der Waals surface area contributed by atoms with E-state index in [2.05, 4.69) is 38.3 Å². The van der Waals surface area contributed by atoms with Crippen LogP contribution in [0, 0.1) is 17.3 Å². The van der Waals surface area contributed by atoms with Crippen LogP contribution in [-0.2, 0) is 9.53 Å². The summed E-state index contributed by atoms with van der Waals surface area (Å²) in [7, 11) is 0. The molecule has 0 radical (unpaired) electrons. The van der Waals surface area contributed by atoms with Crippen molar-refractivity contribution in [1.29, 1.82) is 0 Å². The van der Waals surface area contributed by atoms with Crippen LogP contribution in [0.1, 0.15) is 60.8 Å². The third kappa shape index (κ3) is 6.37. The van der Waals surface area contributed by atoms with Gasteiger partial charge >= 0.3 is 0 Å². The number of nitrogens with one attached hydrogen (secondary N) is 2. The summed E-state index contributed by atoms with van der Waals surface area (Å²) in [4.78, 5) is 19.1. The second-order valence-corrected chi connectivity index (χ2v) is 9.35. The van der Waals surface area contributed by atoms with Crippen LogP contribution in [0.15, 0.2) is 4.99 Å². The first-order chi connectivity index (χ1) is 12.7. The van der Waals surface area contributed by atoms with Crippen molar-refractivity contribution in [2.24, 2.45) is 22.2 Å². The van der Waals surface area contributed by atoms with E-state index >= 15 is 0 Å². The fourth-order valence-electron chi connectivity index (χ4n) is 4.15. The maximum Gasteiger partial charge on any atom is 0.225 e. The van der Waals surface area contributed by atoms with Crippen molar-refractivity contribution in [1.82, 2.24) is 15.5 Å². The maximum absolute atomic E-state index is 12.2. The molecule has 6 heteroatoms. The predicted octanol–water partition coefficient (Wildman–Crippen LogP) is 2.64. The van der Waals surface area contributed by atoms with Crippen LogP contribution in [0.4, 0.5) is 0 Å². The molecular weight excluding hydrogens is 340 g/mol. The summed E-state index contributed by atoms with van der Waals surface area (Å²) in [6.07, 6.45) is 3.51. The molecule has 0 saturated carbocycles. The van der Waals surface area contributed by atoms with Gasteiger partial charge in [-0.1, -0.05) is 34.6 Å². The van der Waals surface area contributed by atoms with Gasteiger partial charge in [0.1, 0.15) is 0 Å². The van der Waals surface area contributed by atoms with Crippen LogP contribution in [0.2, 0.25) is 0 Å². The third-order valence-corrected chi connectivity index (χ3v) is 5.46. The topological polar surface area (TPSA) is 66.0 Å². The highest BCUT2D eigenvalue weighted by atomic mass is 16.5. The lowest BCUT2D eigenvalue weighted by atomic mass is 9.78. The lowest BCUT2D eigenvalue weighted by Gasteiger charge is -2.39. The minimum atomic E-state index is 0.0614. The number of carbonyl (C=O) groups is 1. The molecule has 2 aliphatic rings. The molecule has 0 aromatic carbocycles. The first-order valence-corrected chi connectivity index (χ1v) is 10.7. The van der Waals surface area contributed by atoms with Gasteiger partial charge in [0.2, 0.25) is 5.91 Å². The SMILES string of the molecule is CCNC(=NCC1CCCOC1C(C)(C)C)NC1CCN(C(=O)C(C)C)C1. The molecule has 6 nitrogen and oxygen atoms in total. The number of amides is 1. The van der Waals surface area contributed by atoms with Gasteiger partial charge in [0.25, 0.3) is 0 Å². The second kappa shape index (κ2) is 9.76. The summed E-state index contributed by atoms with van der Waals surface area (Å²) in [5.41, 5.74) is 0.134. The summed E-state index contributed by atoms with van der Waals surface area (Å²) < 4.78 is 6.09. The number of likely N-dealkylation sites (tertiary alicyclic amines) is 1. The lowest BCUT2D eigenvalue weighted by molar-refractivity contribution is -0.133. The highest BCUT2D eigenvalue weighted by molar-refractivity contribution is 5.81. The molecule has 0 spiro atoms. The molecule has 2 heterocycles. The van der Waals surface area contributed by atoms with E-state index in [9.17, 15) is 4.79 Å². The number of rotatable bonds is 5. The van der Waals surface area contributed by atoms with E-state index in [1.54, 1.807) is 0 Å². The monoisotopic (exact) mass is 380 g/mol. The van der Waals surface area contributed by atoms with Gasteiger partial charge in [-0.3, -0.25) is 9.79 Å². The van der Waals surface area contributed by atoms with Gasteiger partial charge < -0.3 is 20.3 Å². The van der Waals surface area contributed by atoms with Crippen molar-refractivity contribution in [3.8, 4) is 0 Å². The molecule has 27 heavy (non-hydrogen) atoms. The molecule has 2 saturated heterocycles. The summed E-state index contributed by atoms with van der Waals surface area (Å²) in [6.45, 7) is 16.8. The first-order valence-electron chi connectivity index (χ1n) is 10.7.